The molecule has 3 aromatic heterocycles. The van der Waals surface area contributed by atoms with E-state index in [2.05, 4.69) is 15.0 Å². The van der Waals surface area contributed by atoms with Gasteiger partial charge >= 0.3 is 5.97 Å². The van der Waals surface area contributed by atoms with E-state index in [0.717, 1.165) is 11.1 Å². The van der Waals surface area contributed by atoms with Crippen molar-refractivity contribution in [3.8, 4) is 22.4 Å². The van der Waals surface area contributed by atoms with Gasteiger partial charge in [-0.1, -0.05) is 6.07 Å². The fourth-order valence-corrected chi connectivity index (χ4v) is 2.06. The summed E-state index contributed by atoms with van der Waals surface area (Å²) in [7, 11) is 0. The molecule has 0 bridgehead atoms. The molecule has 0 aromatic carbocycles. The van der Waals surface area contributed by atoms with Crippen LogP contribution in [0, 0.1) is 0 Å². The molecule has 3 heterocycles. The van der Waals surface area contributed by atoms with Crippen LogP contribution in [-0.4, -0.2) is 26.0 Å². The number of hydrogen-bond donors (Lipinski definition) is 1. The highest BCUT2D eigenvalue weighted by atomic mass is 16.4. The first-order valence-corrected chi connectivity index (χ1v) is 6.30. The summed E-state index contributed by atoms with van der Waals surface area (Å²) in [4.78, 5) is 23.9. The Balaban J connectivity index is 2.14. The molecule has 0 aliphatic rings. The summed E-state index contributed by atoms with van der Waals surface area (Å²) in [6, 6.07) is 8.75. The molecule has 3 aromatic rings. The van der Waals surface area contributed by atoms with Gasteiger partial charge in [-0.05, 0) is 24.3 Å². The van der Waals surface area contributed by atoms with Gasteiger partial charge in [-0.3, -0.25) is 15.0 Å². The molecule has 0 aliphatic heterocycles. The number of carboxylic acid groups (broad SMARTS) is 1. The Morgan fingerprint density at radius 3 is 2.19 bits per heavy atom. The molecule has 5 heteroatoms. The first-order valence-electron chi connectivity index (χ1n) is 6.30. The van der Waals surface area contributed by atoms with E-state index >= 15 is 0 Å². The van der Waals surface area contributed by atoms with Crippen molar-refractivity contribution in [1.82, 2.24) is 15.0 Å². The van der Waals surface area contributed by atoms with E-state index in [4.69, 9.17) is 0 Å². The van der Waals surface area contributed by atoms with Gasteiger partial charge in [-0.25, -0.2) is 4.79 Å². The molecule has 102 valence electrons. The summed E-state index contributed by atoms with van der Waals surface area (Å²) in [6.07, 6.45) is 8.13. The maximum absolute atomic E-state index is 11.5. The molecule has 0 radical (unpaired) electrons. The predicted octanol–water partition coefficient (Wildman–Crippen LogP) is 2.90. The lowest BCUT2D eigenvalue weighted by molar-refractivity contribution is 0.0697. The Hall–Kier alpha value is -3.08. The van der Waals surface area contributed by atoms with E-state index in [-0.39, 0.29) is 5.56 Å². The van der Waals surface area contributed by atoms with Gasteiger partial charge in [0.25, 0.3) is 0 Å². The average Bonchev–Trinajstić information content (AvgIpc) is 2.56. The van der Waals surface area contributed by atoms with Gasteiger partial charge in [0, 0.05) is 47.7 Å². The first-order chi connectivity index (χ1) is 10.3. The van der Waals surface area contributed by atoms with Gasteiger partial charge in [0.15, 0.2) is 0 Å². The molecule has 0 saturated heterocycles. The lowest BCUT2D eigenvalue weighted by Crippen LogP contribution is -2.02. The zero-order valence-corrected chi connectivity index (χ0v) is 11.0. The molecule has 0 saturated carbocycles. The molecule has 3 rings (SSSR count). The van der Waals surface area contributed by atoms with Gasteiger partial charge in [-0.15, -0.1) is 0 Å². The molecule has 0 amide bonds. The summed E-state index contributed by atoms with van der Waals surface area (Å²) < 4.78 is 0. The quantitative estimate of drug-likeness (QED) is 0.796. The molecule has 0 spiro atoms. The van der Waals surface area contributed by atoms with Crippen LogP contribution in [0.3, 0.4) is 0 Å². The van der Waals surface area contributed by atoms with Crippen molar-refractivity contribution in [2.24, 2.45) is 0 Å². The Morgan fingerprint density at radius 1 is 0.952 bits per heavy atom. The van der Waals surface area contributed by atoms with Crippen LogP contribution in [0.2, 0.25) is 0 Å². The van der Waals surface area contributed by atoms with Crippen molar-refractivity contribution >= 4 is 5.97 Å². The highest BCUT2D eigenvalue weighted by molar-refractivity contribution is 5.96. The number of carbonyl (C=O) groups is 1. The van der Waals surface area contributed by atoms with Crippen LogP contribution in [-0.2, 0) is 0 Å². The van der Waals surface area contributed by atoms with Crippen molar-refractivity contribution in [2.45, 2.75) is 0 Å². The standard InChI is InChI=1S/C16H11N3O2/c20-16(21)13-7-15(12-4-2-6-18-9-12)19-10-14(13)11-3-1-5-17-8-11/h1-10H,(H,20,21). The van der Waals surface area contributed by atoms with Crippen molar-refractivity contribution in [3.05, 3.63) is 66.9 Å². The third kappa shape index (κ3) is 2.62. The Kier molecular flexibility index (Phi) is 3.39. The van der Waals surface area contributed by atoms with Gasteiger partial charge in [0.05, 0.1) is 11.3 Å². The van der Waals surface area contributed by atoms with Crippen LogP contribution in [0.25, 0.3) is 22.4 Å². The van der Waals surface area contributed by atoms with Gasteiger partial charge in [0.2, 0.25) is 0 Å². The number of hydrogen-bond acceptors (Lipinski definition) is 4. The number of nitrogens with zero attached hydrogens (tertiary/aromatic N) is 3. The largest absolute Gasteiger partial charge is 0.478 e. The second kappa shape index (κ2) is 5.50. The zero-order chi connectivity index (χ0) is 14.7. The fraction of sp³-hybridized carbons (Fsp3) is 0. The molecule has 0 aliphatic carbocycles. The average molecular weight is 277 g/mol. The smallest absolute Gasteiger partial charge is 0.336 e. The number of rotatable bonds is 3. The second-order valence-corrected chi connectivity index (χ2v) is 4.40. The lowest BCUT2D eigenvalue weighted by Gasteiger charge is -2.08. The Labute approximate surface area is 121 Å². The van der Waals surface area contributed by atoms with E-state index in [1.54, 1.807) is 55.2 Å². The minimum Gasteiger partial charge on any atom is -0.478 e. The van der Waals surface area contributed by atoms with E-state index in [9.17, 15) is 9.90 Å². The maximum atomic E-state index is 11.5. The van der Waals surface area contributed by atoms with Gasteiger partial charge in [-0.2, -0.15) is 0 Å². The molecule has 0 atom stereocenters. The van der Waals surface area contributed by atoms with Gasteiger partial charge in [0.1, 0.15) is 0 Å². The second-order valence-electron chi connectivity index (χ2n) is 4.40. The summed E-state index contributed by atoms with van der Waals surface area (Å²) in [5.41, 5.74) is 2.81. The summed E-state index contributed by atoms with van der Waals surface area (Å²) >= 11 is 0. The maximum Gasteiger partial charge on any atom is 0.336 e. The van der Waals surface area contributed by atoms with Crippen molar-refractivity contribution < 1.29 is 9.90 Å². The minimum atomic E-state index is -0.999. The zero-order valence-electron chi connectivity index (χ0n) is 11.0. The van der Waals surface area contributed by atoms with Crippen molar-refractivity contribution in [3.63, 3.8) is 0 Å². The molecular formula is C16H11N3O2. The minimum absolute atomic E-state index is 0.192. The normalized spacial score (nSPS) is 10.3. The number of aromatic nitrogens is 3. The van der Waals surface area contributed by atoms with Crippen LogP contribution in [0.5, 0.6) is 0 Å². The van der Waals surface area contributed by atoms with Gasteiger partial charge < -0.3 is 5.11 Å². The predicted molar refractivity (Wildman–Crippen MR) is 77.7 cm³/mol. The van der Waals surface area contributed by atoms with Crippen LogP contribution in [0.1, 0.15) is 10.4 Å². The molecule has 0 unspecified atom stereocenters. The van der Waals surface area contributed by atoms with E-state index in [1.807, 2.05) is 6.07 Å². The topological polar surface area (TPSA) is 76.0 Å². The highest BCUT2D eigenvalue weighted by Gasteiger charge is 2.14. The van der Waals surface area contributed by atoms with Crippen LogP contribution in [0.15, 0.2) is 61.3 Å². The molecule has 1 N–H and O–H groups in total. The first kappa shape index (κ1) is 12.9. The SMILES string of the molecule is O=C(O)c1cc(-c2cccnc2)ncc1-c1cccnc1. The van der Waals surface area contributed by atoms with E-state index < -0.39 is 5.97 Å². The molecule has 0 fully saturated rings. The van der Waals surface area contributed by atoms with Crippen LogP contribution < -0.4 is 0 Å². The Bertz CT molecular complexity index is 774. The molecule has 5 nitrogen and oxygen atoms in total. The summed E-state index contributed by atoms with van der Waals surface area (Å²) in [5.74, 6) is -0.999. The van der Waals surface area contributed by atoms with Crippen LogP contribution in [0.4, 0.5) is 0 Å². The summed E-state index contributed by atoms with van der Waals surface area (Å²) in [6.45, 7) is 0. The number of carboxylic acids is 1. The lowest BCUT2D eigenvalue weighted by atomic mass is 10.0. The van der Waals surface area contributed by atoms with Crippen LogP contribution >= 0.6 is 0 Å². The van der Waals surface area contributed by atoms with Crippen molar-refractivity contribution in [1.29, 1.82) is 0 Å². The monoisotopic (exact) mass is 277 g/mol. The molecular weight excluding hydrogens is 266 g/mol. The molecule has 21 heavy (non-hydrogen) atoms. The third-order valence-electron chi connectivity index (χ3n) is 3.06. The highest BCUT2D eigenvalue weighted by Crippen LogP contribution is 2.26. The fourth-order valence-electron chi connectivity index (χ4n) is 2.06. The van der Waals surface area contributed by atoms with E-state index in [0.29, 0.717) is 11.3 Å². The number of aromatic carboxylic acids is 1. The third-order valence-corrected chi connectivity index (χ3v) is 3.06. The summed E-state index contributed by atoms with van der Waals surface area (Å²) in [5, 5.41) is 9.43. The Morgan fingerprint density at radius 2 is 1.62 bits per heavy atom. The van der Waals surface area contributed by atoms with E-state index in [1.165, 1.54) is 0 Å². The van der Waals surface area contributed by atoms with Crippen molar-refractivity contribution in [2.75, 3.05) is 0 Å². The number of pyridine rings is 3.